The van der Waals surface area contributed by atoms with Crippen molar-refractivity contribution in [2.24, 2.45) is 0 Å². The summed E-state index contributed by atoms with van der Waals surface area (Å²) in [6.45, 7) is 8.02. The van der Waals surface area contributed by atoms with Gasteiger partial charge in [-0.1, -0.05) is 12.1 Å². The number of benzene rings is 1. The Bertz CT molecular complexity index is 798. The molecule has 0 radical (unpaired) electrons. The third-order valence-electron chi connectivity index (χ3n) is 5.09. The molecule has 0 saturated carbocycles. The highest BCUT2D eigenvalue weighted by Gasteiger charge is 2.23. The zero-order valence-corrected chi connectivity index (χ0v) is 15.7. The number of anilines is 2. The van der Waals surface area contributed by atoms with E-state index in [1.54, 1.807) is 17.2 Å². The summed E-state index contributed by atoms with van der Waals surface area (Å²) in [4.78, 5) is 27.9. The van der Waals surface area contributed by atoms with Crippen molar-refractivity contribution in [1.29, 1.82) is 0 Å². The van der Waals surface area contributed by atoms with Crippen molar-refractivity contribution in [3.8, 4) is 0 Å². The SMILES string of the molecule is Cc1cccc(N2CCN(c3nccc(C(=O)N4CCOCC4)n3)CC2)c1. The predicted octanol–water partition coefficient (Wildman–Crippen LogP) is 1.58. The summed E-state index contributed by atoms with van der Waals surface area (Å²) >= 11 is 0. The number of amides is 1. The maximum atomic E-state index is 12.7. The van der Waals surface area contributed by atoms with Crippen LogP contribution in [0.2, 0.25) is 0 Å². The average molecular weight is 367 g/mol. The molecule has 0 spiro atoms. The van der Waals surface area contributed by atoms with Gasteiger partial charge in [0.1, 0.15) is 5.69 Å². The Kier molecular flexibility index (Phi) is 5.20. The molecule has 2 saturated heterocycles. The summed E-state index contributed by atoms with van der Waals surface area (Å²) in [6.07, 6.45) is 1.68. The van der Waals surface area contributed by atoms with E-state index in [2.05, 4.69) is 51.0 Å². The Morgan fingerprint density at radius 2 is 1.74 bits per heavy atom. The zero-order valence-electron chi connectivity index (χ0n) is 15.7. The lowest BCUT2D eigenvalue weighted by Crippen LogP contribution is -2.47. The first-order valence-corrected chi connectivity index (χ1v) is 9.47. The van der Waals surface area contributed by atoms with Gasteiger partial charge < -0.3 is 19.4 Å². The average Bonchev–Trinajstić information content (AvgIpc) is 2.74. The van der Waals surface area contributed by atoms with E-state index < -0.39 is 0 Å². The molecule has 7 nitrogen and oxygen atoms in total. The maximum Gasteiger partial charge on any atom is 0.272 e. The van der Waals surface area contributed by atoms with Gasteiger partial charge in [-0.25, -0.2) is 9.97 Å². The van der Waals surface area contributed by atoms with Gasteiger partial charge in [-0.05, 0) is 30.7 Å². The van der Waals surface area contributed by atoms with Crippen molar-refractivity contribution in [2.45, 2.75) is 6.92 Å². The summed E-state index contributed by atoms with van der Waals surface area (Å²) in [7, 11) is 0. The number of hydrogen-bond donors (Lipinski definition) is 0. The lowest BCUT2D eigenvalue weighted by atomic mass is 10.2. The molecular weight excluding hydrogens is 342 g/mol. The first-order chi connectivity index (χ1) is 13.2. The van der Waals surface area contributed by atoms with Crippen LogP contribution in [0.1, 0.15) is 16.1 Å². The molecule has 7 heteroatoms. The Balaban J connectivity index is 1.42. The van der Waals surface area contributed by atoms with Crippen molar-refractivity contribution < 1.29 is 9.53 Å². The van der Waals surface area contributed by atoms with Crippen molar-refractivity contribution in [3.05, 3.63) is 47.8 Å². The third kappa shape index (κ3) is 4.03. The van der Waals surface area contributed by atoms with Gasteiger partial charge in [0.15, 0.2) is 0 Å². The van der Waals surface area contributed by atoms with Gasteiger partial charge in [-0.15, -0.1) is 0 Å². The van der Waals surface area contributed by atoms with E-state index >= 15 is 0 Å². The van der Waals surface area contributed by atoms with Crippen molar-refractivity contribution >= 4 is 17.5 Å². The molecule has 0 bridgehead atoms. The number of carbonyl (C=O) groups excluding carboxylic acids is 1. The fourth-order valence-corrected chi connectivity index (χ4v) is 3.54. The number of ether oxygens (including phenoxy) is 1. The van der Waals surface area contributed by atoms with Crippen LogP contribution in [0.4, 0.5) is 11.6 Å². The highest BCUT2D eigenvalue weighted by atomic mass is 16.5. The number of carbonyl (C=O) groups is 1. The molecule has 27 heavy (non-hydrogen) atoms. The van der Waals surface area contributed by atoms with E-state index in [0.29, 0.717) is 37.9 Å². The molecule has 0 N–H and O–H groups in total. The summed E-state index contributed by atoms with van der Waals surface area (Å²) < 4.78 is 5.32. The number of aromatic nitrogens is 2. The van der Waals surface area contributed by atoms with Gasteiger partial charge in [0.25, 0.3) is 5.91 Å². The molecule has 2 aromatic rings. The van der Waals surface area contributed by atoms with Crippen LogP contribution < -0.4 is 9.80 Å². The second kappa shape index (κ2) is 7.92. The van der Waals surface area contributed by atoms with Crippen LogP contribution in [0.25, 0.3) is 0 Å². The molecular formula is C20H25N5O2. The van der Waals surface area contributed by atoms with Crippen LogP contribution in [0, 0.1) is 6.92 Å². The second-order valence-corrected chi connectivity index (χ2v) is 6.96. The van der Waals surface area contributed by atoms with Crippen molar-refractivity contribution in [2.75, 3.05) is 62.3 Å². The lowest BCUT2D eigenvalue weighted by molar-refractivity contribution is 0.0299. The number of rotatable bonds is 3. The molecule has 2 aliphatic rings. The first-order valence-electron chi connectivity index (χ1n) is 9.47. The molecule has 0 aliphatic carbocycles. The van der Waals surface area contributed by atoms with Gasteiger partial charge in [-0.2, -0.15) is 0 Å². The second-order valence-electron chi connectivity index (χ2n) is 6.96. The minimum Gasteiger partial charge on any atom is -0.378 e. The smallest absolute Gasteiger partial charge is 0.272 e. The Hall–Kier alpha value is -2.67. The molecule has 2 aliphatic heterocycles. The number of hydrogen-bond acceptors (Lipinski definition) is 6. The largest absolute Gasteiger partial charge is 0.378 e. The molecule has 1 amide bonds. The van der Waals surface area contributed by atoms with Gasteiger partial charge in [0.2, 0.25) is 5.95 Å². The lowest BCUT2D eigenvalue weighted by Gasteiger charge is -2.36. The van der Waals surface area contributed by atoms with Crippen molar-refractivity contribution in [1.82, 2.24) is 14.9 Å². The summed E-state index contributed by atoms with van der Waals surface area (Å²) in [5.74, 6) is 0.596. The van der Waals surface area contributed by atoms with Crippen molar-refractivity contribution in [3.63, 3.8) is 0 Å². The van der Waals surface area contributed by atoms with E-state index in [0.717, 1.165) is 26.2 Å². The topological polar surface area (TPSA) is 61.8 Å². The molecule has 3 heterocycles. The summed E-state index contributed by atoms with van der Waals surface area (Å²) in [5, 5.41) is 0. The van der Waals surface area contributed by atoms with Crippen LogP contribution in [-0.2, 0) is 4.74 Å². The van der Waals surface area contributed by atoms with E-state index in [1.807, 2.05) is 0 Å². The van der Waals surface area contributed by atoms with E-state index in [4.69, 9.17) is 4.74 Å². The summed E-state index contributed by atoms with van der Waals surface area (Å²) in [6, 6.07) is 10.3. The highest BCUT2D eigenvalue weighted by molar-refractivity contribution is 5.92. The fraction of sp³-hybridized carbons (Fsp3) is 0.450. The number of nitrogens with zero attached hydrogens (tertiary/aromatic N) is 5. The molecule has 4 rings (SSSR count). The van der Waals surface area contributed by atoms with E-state index in [1.165, 1.54) is 11.3 Å². The van der Waals surface area contributed by atoms with Crippen LogP contribution in [-0.4, -0.2) is 73.3 Å². The number of aryl methyl sites for hydroxylation is 1. The third-order valence-corrected chi connectivity index (χ3v) is 5.09. The minimum absolute atomic E-state index is 0.0413. The zero-order chi connectivity index (χ0) is 18.6. The maximum absolute atomic E-state index is 12.7. The Labute approximate surface area is 159 Å². The molecule has 0 unspecified atom stereocenters. The molecule has 1 aromatic heterocycles. The van der Waals surface area contributed by atoms with Gasteiger partial charge in [0.05, 0.1) is 13.2 Å². The van der Waals surface area contributed by atoms with Gasteiger partial charge in [-0.3, -0.25) is 4.79 Å². The van der Waals surface area contributed by atoms with Crippen LogP contribution in [0.3, 0.4) is 0 Å². The minimum atomic E-state index is -0.0413. The van der Waals surface area contributed by atoms with Gasteiger partial charge in [0, 0.05) is 51.2 Å². The molecule has 2 fully saturated rings. The highest BCUT2D eigenvalue weighted by Crippen LogP contribution is 2.19. The van der Waals surface area contributed by atoms with E-state index in [9.17, 15) is 4.79 Å². The van der Waals surface area contributed by atoms with Gasteiger partial charge >= 0.3 is 0 Å². The van der Waals surface area contributed by atoms with Crippen LogP contribution in [0.15, 0.2) is 36.5 Å². The Morgan fingerprint density at radius 3 is 2.48 bits per heavy atom. The Morgan fingerprint density at radius 1 is 1.00 bits per heavy atom. The van der Waals surface area contributed by atoms with Crippen LogP contribution >= 0.6 is 0 Å². The normalized spacial score (nSPS) is 17.9. The van der Waals surface area contributed by atoms with E-state index in [-0.39, 0.29) is 5.91 Å². The van der Waals surface area contributed by atoms with Crippen LogP contribution in [0.5, 0.6) is 0 Å². The molecule has 0 atom stereocenters. The summed E-state index contributed by atoms with van der Waals surface area (Å²) in [5.41, 5.74) is 2.99. The predicted molar refractivity (Wildman–Crippen MR) is 104 cm³/mol. The molecule has 142 valence electrons. The standard InChI is InChI=1S/C20H25N5O2/c1-16-3-2-4-17(15-16)23-7-9-25(10-8-23)20-21-6-5-18(22-20)19(26)24-11-13-27-14-12-24/h2-6,15H,7-14H2,1H3. The quantitative estimate of drug-likeness (QED) is 0.821. The first kappa shape index (κ1) is 17.7. The molecule has 1 aromatic carbocycles. The number of morpholine rings is 1. The monoisotopic (exact) mass is 367 g/mol. The fourth-order valence-electron chi connectivity index (χ4n) is 3.54. The number of piperazine rings is 1.